The van der Waals surface area contributed by atoms with E-state index in [2.05, 4.69) is 15.4 Å². The summed E-state index contributed by atoms with van der Waals surface area (Å²) in [6.07, 6.45) is 0.427. The van der Waals surface area contributed by atoms with Crippen LogP contribution in [-0.2, 0) is 17.5 Å². The van der Waals surface area contributed by atoms with Crippen molar-refractivity contribution >= 4 is 12.0 Å². The summed E-state index contributed by atoms with van der Waals surface area (Å²) in [4.78, 5) is 15.3. The molecule has 144 valence electrons. The van der Waals surface area contributed by atoms with E-state index in [9.17, 15) is 18.0 Å². The molecule has 1 saturated heterocycles. The third-order valence-electron chi connectivity index (χ3n) is 4.58. The van der Waals surface area contributed by atoms with Gasteiger partial charge in [0.05, 0.1) is 12.1 Å². The van der Waals surface area contributed by atoms with Crippen molar-refractivity contribution in [2.24, 2.45) is 0 Å². The predicted octanol–water partition coefficient (Wildman–Crippen LogP) is 3.07. The van der Waals surface area contributed by atoms with Crippen molar-refractivity contribution in [3.05, 3.63) is 46.8 Å². The zero-order chi connectivity index (χ0) is 19.6. The van der Waals surface area contributed by atoms with Gasteiger partial charge in [-0.2, -0.15) is 18.0 Å². The molecule has 1 fully saturated rings. The number of alkyl halides is 3. The van der Waals surface area contributed by atoms with Gasteiger partial charge in [0.1, 0.15) is 0 Å². The van der Waals surface area contributed by atoms with Crippen LogP contribution in [0.3, 0.4) is 0 Å². The van der Waals surface area contributed by atoms with Gasteiger partial charge in [0, 0.05) is 18.7 Å². The Morgan fingerprint density at radius 3 is 2.74 bits per heavy atom. The fourth-order valence-corrected chi connectivity index (χ4v) is 3.14. The maximum absolute atomic E-state index is 13.1. The van der Waals surface area contributed by atoms with Crippen LogP contribution in [0, 0.1) is 6.92 Å². The van der Waals surface area contributed by atoms with Crippen molar-refractivity contribution in [1.29, 1.82) is 0 Å². The second-order valence-corrected chi connectivity index (χ2v) is 6.63. The van der Waals surface area contributed by atoms with Gasteiger partial charge in [-0.1, -0.05) is 6.07 Å². The van der Waals surface area contributed by atoms with Crippen LogP contribution in [-0.4, -0.2) is 43.6 Å². The first-order valence-electron chi connectivity index (χ1n) is 8.67. The van der Waals surface area contributed by atoms with Crippen molar-refractivity contribution in [3.8, 4) is 0 Å². The highest BCUT2D eigenvalue weighted by atomic mass is 19.4. The van der Waals surface area contributed by atoms with E-state index >= 15 is 0 Å². The first-order valence-corrected chi connectivity index (χ1v) is 8.67. The minimum absolute atomic E-state index is 0.0265. The van der Waals surface area contributed by atoms with E-state index in [0.717, 1.165) is 25.0 Å². The topological polar surface area (TPSA) is 63.9 Å². The lowest BCUT2D eigenvalue weighted by molar-refractivity contribution is -0.137. The number of benzene rings is 1. The summed E-state index contributed by atoms with van der Waals surface area (Å²) in [5.41, 5.74) is 0.116. The van der Waals surface area contributed by atoms with Gasteiger partial charge in [-0.25, -0.2) is 0 Å². The lowest BCUT2D eigenvalue weighted by Crippen LogP contribution is -2.32. The Balaban J connectivity index is 1.88. The molecule has 0 radical (unpaired) electrons. The smallest absolute Gasteiger partial charge is 0.336 e. The number of carbonyl (C=O) groups is 1. The summed E-state index contributed by atoms with van der Waals surface area (Å²) in [6, 6.07) is 3.60. The predicted molar refractivity (Wildman–Crippen MR) is 92.5 cm³/mol. The maximum atomic E-state index is 13.1. The number of hydrogen-bond donors (Lipinski definition) is 0. The van der Waals surface area contributed by atoms with Crippen LogP contribution < -0.4 is 0 Å². The number of rotatable bonds is 4. The third-order valence-corrected chi connectivity index (χ3v) is 4.58. The van der Waals surface area contributed by atoms with Crippen molar-refractivity contribution in [2.75, 3.05) is 6.54 Å². The fraction of sp³-hybridized carbons (Fsp3) is 0.444. The highest BCUT2D eigenvalue weighted by Crippen LogP contribution is 2.31. The summed E-state index contributed by atoms with van der Waals surface area (Å²) in [5.74, 6) is 0.290. The monoisotopic (exact) mass is 379 g/mol. The lowest BCUT2D eigenvalue weighted by Gasteiger charge is -2.19. The summed E-state index contributed by atoms with van der Waals surface area (Å²) in [5, 5.41) is 11.6. The van der Waals surface area contributed by atoms with E-state index < -0.39 is 11.7 Å². The van der Waals surface area contributed by atoms with E-state index in [1.807, 2.05) is 6.92 Å². The molecule has 2 aromatic rings. The van der Waals surface area contributed by atoms with E-state index in [0.29, 0.717) is 23.5 Å². The van der Waals surface area contributed by atoms with Gasteiger partial charge in [-0.3, -0.25) is 4.79 Å². The van der Waals surface area contributed by atoms with Crippen LogP contribution in [0.2, 0.25) is 0 Å². The second kappa shape index (κ2) is 7.50. The van der Waals surface area contributed by atoms with E-state index in [1.165, 1.54) is 16.9 Å². The number of nitrogens with zero attached hydrogens (tertiary/aromatic N) is 5. The lowest BCUT2D eigenvalue weighted by atomic mass is 10.0. The average molecular weight is 379 g/mol. The number of amides is 1. The molecule has 0 bridgehead atoms. The number of aryl methyl sites for hydroxylation is 1. The Labute approximate surface area is 154 Å². The zero-order valence-corrected chi connectivity index (χ0v) is 15.1. The summed E-state index contributed by atoms with van der Waals surface area (Å²) in [6.45, 7) is 4.36. The number of likely N-dealkylation sites (tertiary alicyclic amines) is 1. The highest BCUT2D eigenvalue weighted by molar-refractivity contribution is 5.92. The van der Waals surface area contributed by atoms with E-state index in [-0.39, 0.29) is 18.5 Å². The molecular weight excluding hydrogens is 359 g/mol. The minimum atomic E-state index is -4.45. The van der Waals surface area contributed by atoms with E-state index in [1.54, 1.807) is 17.9 Å². The molecule has 3 rings (SSSR count). The Bertz CT molecular complexity index is 859. The molecule has 1 aliphatic heterocycles. The molecule has 1 atom stereocenters. The number of hydrogen-bond acceptors (Lipinski definition) is 4. The first-order chi connectivity index (χ1) is 12.7. The van der Waals surface area contributed by atoms with Crippen LogP contribution in [0.1, 0.15) is 42.3 Å². The van der Waals surface area contributed by atoms with Gasteiger partial charge in [-0.05, 0) is 61.2 Å². The molecule has 0 aliphatic carbocycles. The molecule has 9 heteroatoms. The van der Waals surface area contributed by atoms with Crippen LogP contribution in [0.5, 0.6) is 0 Å². The van der Waals surface area contributed by atoms with Crippen molar-refractivity contribution < 1.29 is 18.0 Å². The number of aromatic nitrogens is 4. The normalized spacial score (nSPS) is 17.8. The molecule has 1 amide bonds. The summed E-state index contributed by atoms with van der Waals surface area (Å²) < 4.78 is 39.2. The van der Waals surface area contributed by atoms with Gasteiger partial charge in [0.2, 0.25) is 5.91 Å². The second-order valence-electron chi connectivity index (χ2n) is 6.63. The largest absolute Gasteiger partial charge is 0.416 e. The molecule has 1 aromatic carbocycles. The van der Waals surface area contributed by atoms with Crippen molar-refractivity contribution in [2.45, 2.75) is 45.5 Å². The molecule has 2 heterocycles. The SMILES string of the molecule is Cc1nnn(Cc2cc(C(F)(F)F)ccc2C=CC(=O)N2CCC[C@H]2C)n1. The first kappa shape index (κ1) is 19.1. The van der Waals surface area contributed by atoms with Crippen LogP contribution in [0.25, 0.3) is 6.08 Å². The Morgan fingerprint density at radius 2 is 2.15 bits per heavy atom. The molecule has 0 saturated carbocycles. The zero-order valence-electron chi connectivity index (χ0n) is 15.1. The maximum Gasteiger partial charge on any atom is 0.416 e. The molecule has 0 unspecified atom stereocenters. The molecular formula is C18H20F3N5O. The molecule has 1 aliphatic rings. The Kier molecular flexibility index (Phi) is 5.29. The van der Waals surface area contributed by atoms with Gasteiger partial charge in [0.25, 0.3) is 0 Å². The molecule has 0 spiro atoms. The summed E-state index contributed by atoms with van der Waals surface area (Å²) >= 11 is 0. The van der Waals surface area contributed by atoms with Crippen LogP contribution in [0.15, 0.2) is 24.3 Å². The fourth-order valence-electron chi connectivity index (χ4n) is 3.14. The molecule has 0 N–H and O–H groups in total. The van der Waals surface area contributed by atoms with Gasteiger partial charge >= 0.3 is 6.18 Å². The number of halogens is 3. The quantitative estimate of drug-likeness (QED) is 0.766. The van der Waals surface area contributed by atoms with Gasteiger partial charge in [0.15, 0.2) is 5.82 Å². The standard InChI is InChI=1S/C18H20F3N5O/c1-12-4-3-9-25(12)17(27)8-6-14-5-7-16(18(19,20)21)10-15(14)11-26-23-13(2)22-24-26/h5-8,10,12H,3-4,9,11H2,1-2H3/t12-/m1/s1. The third kappa shape index (κ3) is 4.53. The Hall–Kier alpha value is -2.71. The molecule has 1 aromatic heterocycles. The van der Waals surface area contributed by atoms with Gasteiger partial charge < -0.3 is 4.90 Å². The van der Waals surface area contributed by atoms with Crippen LogP contribution in [0.4, 0.5) is 13.2 Å². The number of tetrazole rings is 1. The van der Waals surface area contributed by atoms with Crippen molar-refractivity contribution in [1.82, 2.24) is 25.1 Å². The minimum Gasteiger partial charge on any atom is -0.336 e. The average Bonchev–Trinajstić information content (AvgIpc) is 3.20. The van der Waals surface area contributed by atoms with Crippen molar-refractivity contribution in [3.63, 3.8) is 0 Å². The molecule has 27 heavy (non-hydrogen) atoms. The Morgan fingerprint density at radius 1 is 1.37 bits per heavy atom. The summed E-state index contributed by atoms with van der Waals surface area (Å²) in [7, 11) is 0. The van der Waals surface area contributed by atoms with Crippen LogP contribution >= 0.6 is 0 Å². The molecule has 6 nitrogen and oxygen atoms in total. The van der Waals surface area contributed by atoms with Gasteiger partial charge in [-0.15, -0.1) is 10.2 Å². The number of carbonyl (C=O) groups excluding carboxylic acids is 1. The van der Waals surface area contributed by atoms with E-state index in [4.69, 9.17) is 0 Å². The highest BCUT2D eigenvalue weighted by Gasteiger charge is 2.31.